The smallest absolute Gasteiger partial charge is 0.222 e. The number of rotatable bonds is 4. The Morgan fingerprint density at radius 3 is 1.50 bits per heavy atom. The van der Waals surface area contributed by atoms with Gasteiger partial charge in [-0.05, 0) is 18.5 Å². The van der Waals surface area contributed by atoms with E-state index >= 15 is 0 Å². The maximum atomic E-state index is 5.73. The molecule has 1 atom stereocenters. The summed E-state index contributed by atoms with van der Waals surface area (Å²) in [5.41, 5.74) is 0.881. The second-order valence-corrected chi connectivity index (χ2v) is 5.20. The lowest BCUT2D eigenvalue weighted by molar-refractivity contribution is 1.01. The maximum absolute atomic E-state index is 5.73. The summed E-state index contributed by atoms with van der Waals surface area (Å²) in [5, 5.41) is 0.193. The highest BCUT2D eigenvalue weighted by molar-refractivity contribution is 8.00. The van der Waals surface area contributed by atoms with Crippen LogP contribution in [0.1, 0.15) is 17.9 Å². The van der Waals surface area contributed by atoms with Gasteiger partial charge < -0.3 is 0 Å². The molecule has 1 aromatic rings. The van der Waals surface area contributed by atoms with Gasteiger partial charge in [-0.15, -0.1) is 11.6 Å². The highest BCUT2D eigenvalue weighted by atomic mass is 35.5. The molecule has 2 nitrogen and oxygen atoms in total. The number of alkyl halides is 1. The Bertz CT molecular complexity index is 355. The molecule has 0 aromatic carbocycles. The summed E-state index contributed by atoms with van der Waals surface area (Å²) in [4.78, 5) is 7.54. The first-order valence-corrected chi connectivity index (χ1v) is 6.63. The molecule has 1 aromatic heterocycles. The van der Waals surface area contributed by atoms with Crippen molar-refractivity contribution in [1.82, 2.24) is 9.97 Å². The average Bonchev–Trinajstić information content (AvgIpc) is 2.28. The van der Waals surface area contributed by atoms with Crippen molar-refractivity contribution in [2.45, 2.75) is 12.3 Å². The molecule has 1 rings (SSSR count). The second kappa shape index (κ2) is 10.1. The van der Waals surface area contributed by atoms with Crippen LogP contribution in [0.3, 0.4) is 0 Å². The van der Waals surface area contributed by atoms with Gasteiger partial charge in [0.05, 0.1) is 5.38 Å². The van der Waals surface area contributed by atoms with Crippen LogP contribution in [-0.2, 0) is 0 Å². The van der Waals surface area contributed by atoms with Gasteiger partial charge in [-0.1, -0.05) is 0 Å². The van der Waals surface area contributed by atoms with E-state index in [-0.39, 0.29) is 10.7 Å². The molecule has 0 spiro atoms. The topological polar surface area (TPSA) is 25.8 Å². The highest BCUT2D eigenvalue weighted by Gasteiger charge is 2.24. The van der Waals surface area contributed by atoms with Crippen molar-refractivity contribution >= 4 is 95.2 Å². The van der Waals surface area contributed by atoms with Crippen LogP contribution in [0.2, 0.25) is 5.28 Å². The molecule has 1 unspecified atom stereocenters. The Labute approximate surface area is 140 Å². The van der Waals surface area contributed by atoms with E-state index in [1.165, 1.54) is 0 Å². The third-order valence-electron chi connectivity index (χ3n) is 2.43. The molecule has 14 heteroatoms. The first-order chi connectivity index (χ1) is 9.16. The van der Waals surface area contributed by atoms with Crippen molar-refractivity contribution in [3.63, 3.8) is 0 Å². The number of nitrogens with zero attached hydrogens (tertiary/aromatic N) is 2. The fraction of sp³-hybridized carbons (Fsp3) is 0.333. The van der Waals surface area contributed by atoms with E-state index in [0.29, 0.717) is 0 Å². The van der Waals surface area contributed by atoms with E-state index in [2.05, 4.69) is 9.97 Å². The van der Waals surface area contributed by atoms with Crippen molar-refractivity contribution in [2.75, 3.05) is 0 Å². The van der Waals surface area contributed by atoms with Crippen LogP contribution in [0.4, 0.5) is 0 Å². The second-order valence-electron chi connectivity index (χ2n) is 4.21. The molecule has 1 heterocycles. The summed E-state index contributed by atoms with van der Waals surface area (Å²) >= 11 is 11.2. The zero-order valence-corrected chi connectivity index (χ0v) is 12.7. The molecule has 0 aliphatic heterocycles. The molecule has 0 saturated heterocycles. The minimum atomic E-state index is -0.667. The lowest BCUT2D eigenvalue weighted by Crippen LogP contribution is -2.62. The molecule has 0 N–H and O–H groups in total. The van der Waals surface area contributed by atoms with Crippen molar-refractivity contribution < 1.29 is 0 Å². The van der Waals surface area contributed by atoms with Gasteiger partial charge in [0, 0.05) is 89.9 Å². The number of hydrogen-bond donors (Lipinski definition) is 0. The van der Waals surface area contributed by atoms with Gasteiger partial charge in [0.25, 0.3) is 0 Å². The molecule has 0 aliphatic rings. The van der Waals surface area contributed by atoms with E-state index < -0.39 is 25.5 Å². The summed E-state index contributed by atoms with van der Waals surface area (Å²) in [7, 11) is 31.8. The molecule has 0 bridgehead atoms. The summed E-state index contributed by atoms with van der Waals surface area (Å²) in [6.45, 7) is 1.86. The monoisotopic (exact) mass is 286 g/mol. The molecule has 12 radical (unpaired) electrons. The van der Waals surface area contributed by atoms with Crippen LogP contribution in [-0.4, -0.2) is 81.9 Å². The zero-order valence-electron chi connectivity index (χ0n) is 11.2. The molecular weight excluding hydrogens is 279 g/mol. The van der Waals surface area contributed by atoms with E-state index in [1.54, 1.807) is 12.4 Å². The third kappa shape index (κ3) is 7.93. The standard InChI is InChI=1S/C6H6Cl2N2.B10/c1-4(7)5-2-9-6(8)10-3-5;1-7(2)10(8(3)4)9(5)6/h2-4H,1H3;. The molecule has 0 aliphatic carbocycles. The number of hydrogen-bond acceptors (Lipinski definition) is 2. The van der Waals surface area contributed by atoms with E-state index in [9.17, 15) is 0 Å². The average molecular weight is 285 g/mol. The van der Waals surface area contributed by atoms with Crippen LogP contribution in [0.25, 0.3) is 0 Å². The van der Waals surface area contributed by atoms with Gasteiger partial charge in [-0.2, -0.15) is 0 Å². The lowest BCUT2D eigenvalue weighted by Gasteiger charge is -2.23. The van der Waals surface area contributed by atoms with Gasteiger partial charge in [-0.3, -0.25) is 0 Å². The Kier molecular flexibility index (Phi) is 10.3. The summed E-state index contributed by atoms with van der Waals surface area (Å²) < 4.78 is 0. The first kappa shape index (κ1) is 20.3. The van der Waals surface area contributed by atoms with Gasteiger partial charge >= 0.3 is 0 Å². The minimum Gasteiger partial charge on any atom is -0.226 e. The predicted molar refractivity (Wildman–Crippen MR) is 98.9 cm³/mol. The zero-order chi connectivity index (χ0) is 15.9. The van der Waals surface area contributed by atoms with E-state index in [1.807, 2.05) is 6.92 Å². The van der Waals surface area contributed by atoms with Crippen molar-refractivity contribution in [3.8, 4) is 0 Å². The van der Waals surface area contributed by atoms with Crippen LogP contribution < -0.4 is 0 Å². The highest BCUT2D eigenvalue weighted by Crippen LogP contribution is 2.17. The molecular formula is C6H6B10Cl2N2. The normalized spacial score (nSPS) is 10.8. The van der Waals surface area contributed by atoms with Crippen LogP contribution >= 0.6 is 23.2 Å². The summed E-state index contributed by atoms with van der Waals surface area (Å²) in [5.74, 6) is 0. The van der Waals surface area contributed by atoms with Gasteiger partial charge in [0.2, 0.25) is 5.28 Å². The van der Waals surface area contributed by atoms with Gasteiger partial charge in [0.1, 0.15) is 0 Å². The Hall–Kier alpha value is 0.309. The Morgan fingerprint density at radius 1 is 0.950 bits per heavy atom. The van der Waals surface area contributed by atoms with Crippen molar-refractivity contribution in [1.29, 1.82) is 0 Å². The summed E-state index contributed by atoms with van der Waals surface area (Å²) in [6, 6.07) is 0. The van der Waals surface area contributed by atoms with Gasteiger partial charge in [-0.25, -0.2) is 9.97 Å². The van der Waals surface area contributed by atoms with Crippen LogP contribution in [0.15, 0.2) is 12.4 Å². The Morgan fingerprint density at radius 2 is 1.30 bits per heavy atom. The molecule has 0 amide bonds. The SMILES string of the molecule is CC(Cl)c1cnc(Cl)nc1.[B]B([B])B(B([B])[B])B([B])[B]. The first-order valence-electron chi connectivity index (χ1n) is 5.81. The molecule has 20 heavy (non-hydrogen) atoms. The molecule has 84 valence electrons. The maximum Gasteiger partial charge on any atom is 0.222 e. The molecule has 0 fully saturated rings. The Balaban J connectivity index is 0.000000361. The van der Waals surface area contributed by atoms with E-state index in [0.717, 1.165) is 5.56 Å². The molecule has 0 saturated carbocycles. The van der Waals surface area contributed by atoms with Crippen molar-refractivity contribution in [2.24, 2.45) is 0 Å². The van der Waals surface area contributed by atoms with Gasteiger partial charge in [0.15, 0.2) is 0 Å². The van der Waals surface area contributed by atoms with Crippen LogP contribution in [0, 0.1) is 0 Å². The fourth-order valence-corrected chi connectivity index (χ4v) is 1.51. The largest absolute Gasteiger partial charge is 0.226 e. The lowest BCUT2D eigenvalue weighted by atomic mass is 8.58. The van der Waals surface area contributed by atoms with Crippen LogP contribution in [0.5, 0.6) is 0 Å². The quantitative estimate of drug-likeness (QED) is 0.387. The number of halogens is 2. The minimum absolute atomic E-state index is 0.0581. The number of aromatic nitrogens is 2. The summed E-state index contributed by atoms with van der Waals surface area (Å²) in [6.07, 6.45) is 0.792. The third-order valence-corrected chi connectivity index (χ3v) is 2.88. The van der Waals surface area contributed by atoms with Crippen molar-refractivity contribution in [3.05, 3.63) is 23.2 Å². The van der Waals surface area contributed by atoms with E-state index in [4.69, 9.17) is 69.6 Å². The predicted octanol–water partition coefficient (Wildman–Crippen LogP) is -1.38. The fourth-order valence-electron chi connectivity index (χ4n) is 1.30.